The number of methoxy groups -OCH3 is 1. The Labute approximate surface area is 118 Å². The fourth-order valence-corrected chi connectivity index (χ4v) is 2.39. The second kappa shape index (κ2) is 5.37. The molecule has 3 heteroatoms. The van der Waals surface area contributed by atoms with Crippen LogP contribution in [0.4, 0.5) is 0 Å². The summed E-state index contributed by atoms with van der Waals surface area (Å²) in [7, 11) is 1.63. The number of fused-ring (bicyclic) bond motifs is 1. The summed E-state index contributed by atoms with van der Waals surface area (Å²) in [6.07, 6.45) is 1.29. The van der Waals surface area contributed by atoms with Crippen molar-refractivity contribution in [1.29, 1.82) is 0 Å². The van der Waals surface area contributed by atoms with E-state index in [0.717, 1.165) is 34.6 Å². The van der Waals surface area contributed by atoms with Gasteiger partial charge in [0.1, 0.15) is 11.5 Å². The van der Waals surface area contributed by atoms with E-state index < -0.39 is 0 Å². The van der Waals surface area contributed by atoms with Crippen molar-refractivity contribution in [3.8, 4) is 11.5 Å². The molecular weight excluding hydrogens is 252 g/mol. The van der Waals surface area contributed by atoms with Crippen molar-refractivity contribution in [2.75, 3.05) is 13.7 Å². The molecule has 0 atom stereocenters. The van der Waals surface area contributed by atoms with Gasteiger partial charge in [-0.3, -0.25) is 4.79 Å². The van der Waals surface area contributed by atoms with E-state index in [9.17, 15) is 4.79 Å². The molecule has 1 aliphatic rings. The van der Waals surface area contributed by atoms with Gasteiger partial charge in [0.2, 0.25) is 0 Å². The number of carbonyl (C=O) groups excluding carboxylic acids is 1. The van der Waals surface area contributed by atoms with E-state index in [0.29, 0.717) is 13.0 Å². The van der Waals surface area contributed by atoms with E-state index >= 15 is 0 Å². The lowest BCUT2D eigenvalue weighted by molar-refractivity contribution is 0.0993. The van der Waals surface area contributed by atoms with Crippen LogP contribution in [0, 0.1) is 0 Å². The SMILES string of the molecule is COc1ccc(CC(=O)c2ccc3c(c2)CCO3)cc1. The standard InChI is InChI=1S/C17H16O3/c1-19-15-5-2-12(3-6-15)10-16(18)13-4-7-17-14(11-13)8-9-20-17/h2-7,11H,8-10H2,1H3. The van der Waals surface area contributed by atoms with Gasteiger partial charge in [0.25, 0.3) is 0 Å². The molecule has 0 aromatic heterocycles. The van der Waals surface area contributed by atoms with Crippen molar-refractivity contribution in [1.82, 2.24) is 0 Å². The minimum Gasteiger partial charge on any atom is -0.497 e. The van der Waals surface area contributed by atoms with Gasteiger partial charge in [-0.15, -0.1) is 0 Å². The van der Waals surface area contributed by atoms with Crippen LogP contribution in [-0.4, -0.2) is 19.5 Å². The minimum atomic E-state index is 0.130. The molecule has 0 amide bonds. The van der Waals surface area contributed by atoms with Gasteiger partial charge in [0.15, 0.2) is 5.78 Å². The first kappa shape index (κ1) is 12.7. The molecule has 0 radical (unpaired) electrons. The number of Topliss-reactive ketones (excluding diaryl/α,β-unsaturated/α-hetero) is 1. The average molecular weight is 268 g/mol. The third-order valence-corrected chi connectivity index (χ3v) is 3.54. The van der Waals surface area contributed by atoms with Crippen molar-refractivity contribution in [3.63, 3.8) is 0 Å². The molecule has 3 nitrogen and oxygen atoms in total. The highest BCUT2D eigenvalue weighted by molar-refractivity contribution is 5.97. The Morgan fingerprint density at radius 1 is 1.20 bits per heavy atom. The lowest BCUT2D eigenvalue weighted by Gasteiger charge is -2.05. The van der Waals surface area contributed by atoms with Gasteiger partial charge in [-0.05, 0) is 41.5 Å². The molecule has 0 saturated heterocycles. The van der Waals surface area contributed by atoms with Gasteiger partial charge in [0.05, 0.1) is 13.7 Å². The predicted octanol–water partition coefficient (Wildman–Crippen LogP) is 3.06. The highest BCUT2D eigenvalue weighted by Crippen LogP contribution is 2.26. The van der Waals surface area contributed by atoms with Crippen LogP contribution in [-0.2, 0) is 12.8 Å². The van der Waals surface area contributed by atoms with E-state index in [1.54, 1.807) is 7.11 Å². The van der Waals surface area contributed by atoms with Crippen LogP contribution in [0.25, 0.3) is 0 Å². The monoisotopic (exact) mass is 268 g/mol. The van der Waals surface area contributed by atoms with Crippen LogP contribution in [0.1, 0.15) is 21.5 Å². The van der Waals surface area contributed by atoms with Gasteiger partial charge < -0.3 is 9.47 Å². The van der Waals surface area contributed by atoms with E-state index in [1.807, 2.05) is 42.5 Å². The second-order valence-corrected chi connectivity index (χ2v) is 4.87. The van der Waals surface area contributed by atoms with Crippen LogP contribution in [0.2, 0.25) is 0 Å². The predicted molar refractivity (Wildman–Crippen MR) is 76.7 cm³/mol. The highest BCUT2D eigenvalue weighted by Gasteiger charge is 2.15. The van der Waals surface area contributed by atoms with Crippen molar-refractivity contribution >= 4 is 5.78 Å². The smallest absolute Gasteiger partial charge is 0.167 e. The zero-order valence-electron chi connectivity index (χ0n) is 11.4. The van der Waals surface area contributed by atoms with Gasteiger partial charge in [0, 0.05) is 18.4 Å². The molecule has 20 heavy (non-hydrogen) atoms. The first-order chi connectivity index (χ1) is 9.76. The number of benzene rings is 2. The van der Waals surface area contributed by atoms with E-state index in [4.69, 9.17) is 9.47 Å². The average Bonchev–Trinajstić information content (AvgIpc) is 2.95. The van der Waals surface area contributed by atoms with Gasteiger partial charge in [-0.2, -0.15) is 0 Å². The number of carbonyl (C=O) groups is 1. The molecule has 0 unspecified atom stereocenters. The highest BCUT2D eigenvalue weighted by atomic mass is 16.5. The summed E-state index contributed by atoms with van der Waals surface area (Å²) in [5, 5.41) is 0. The van der Waals surface area contributed by atoms with Crippen LogP contribution < -0.4 is 9.47 Å². The van der Waals surface area contributed by atoms with Crippen molar-refractivity contribution in [2.24, 2.45) is 0 Å². The van der Waals surface area contributed by atoms with Crippen LogP contribution in [0.5, 0.6) is 11.5 Å². The molecule has 3 rings (SSSR count). The Kier molecular flexibility index (Phi) is 3.42. The van der Waals surface area contributed by atoms with E-state index in [2.05, 4.69) is 0 Å². The topological polar surface area (TPSA) is 35.5 Å². The van der Waals surface area contributed by atoms with Crippen LogP contribution in [0.15, 0.2) is 42.5 Å². The minimum absolute atomic E-state index is 0.130. The number of ether oxygens (including phenoxy) is 2. The Hall–Kier alpha value is -2.29. The van der Waals surface area contributed by atoms with Crippen LogP contribution >= 0.6 is 0 Å². The van der Waals surface area contributed by atoms with Gasteiger partial charge in [-0.25, -0.2) is 0 Å². The quantitative estimate of drug-likeness (QED) is 0.799. The molecule has 0 saturated carbocycles. The molecule has 2 aromatic rings. The van der Waals surface area contributed by atoms with Crippen molar-refractivity contribution in [3.05, 3.63) is 59.2 Å². The molecule has 0 N–H and O–H groups in total. The third-order valence-electron chi connectivity index (χ3n) is 3.54. The van der Waals surface area contributed by atoms with E-state index in [1.165, 1.54) is 0 Å². The van der Waals surface area contributed by atoms with Gasteiger partial charge in [-0.1, -0.05) is 12.1 Å². The van der Waals surface area contributed by atoms with Crippen LogP contribution in [0.3, 0.4) is 0 Å². The third kappa shape index (κ3) is 2.52. The molecule has 0 fully saturated rings. The molecule has 1 heterocycles. The van der Waals surface area contributed by atoms with Gasteiger partial charge >= 0.3 is 0 Å². The van der Waals surface area contributed by atoms with E-state index in [-0.39, 0.29) is 5.78 Å². The Morgan fingerprint density at radius 3 is 2.75 bits per heavy atom. The lowest BCUT2D eigenvalue weighted by atomic mass is 10.0. The molecule has 2 aromatic carbocycles. The number of hydrogen-bond donors (Lipinski definition) is 0. The normalized spacial score (nSPS) is 12.7. The zero-order chi connectivity index (χ0) is 13.9. The first-order valence-electron chi connectivity index (χ1n) is 6.68. The summed E-state index contributed by atoms with van der Waals surface area (Å²) in [4.78, 5) is 12.3. The maximum Gasteiger partial charge on any atom is 0.167 e. The molecule has 0 spiro atoms. The molecule has 0 bridgehead atoms. The fraction of sp³-hybridized carbons (Fsp3) is 0.235. The van der Waals surface area contributed by atoms with Crippen molar-refractivity contribution < 1.29 is 14.3 Å². The molecular formula is C17H16O3. The zero-order valence-corrected chi connectivity index (χ0v) is 11.4. The number of ketones is 1. The summed E-state index contributed by atoms with van der Waals surface area (Å²) in [6.45, 7) is 0.714. The maximum absolute atomic E-state index is 12.3. The summed E-state index contributed by atoms with van der Waals surface area (Å²) in [5.74, 6) is 1.84. The Balaban J connectivity index is 1.75. The summed E-state index contributed by atoms with van der Waals surface area (Å²) in [5.41, 5.74) is 2.88. The Morgan fingerprint density at radius 2 is 2.00 bits per heavy atom. The fourth-order valence-electron chi connectivity index (χ4n) is 2.39. The second-order valence-electron chi connectivity index (χ2n) is 4.87. The summed E-state index contributed by atoms with van der Waals surface area (Å²) in [6, 6.07) is 13.3. The number of hydrogen-bond acceptors (Lipinski definition) is 3. The summed E-state index contributed by atoms with van der Waals surface area (Å²) >= 11 is 0. The molecule has 1 aliphatic heterocycles. The molecule has 102 valence electrons. The van der Waals surface area contributed by atoms with Crippen molar-refractivity contribution in [2.45, 2.75) is 12.8 Å². The lowest BCUT2D eigenvalue weighted by Crippen LogP contribution is -2.03. The Bertz CT molecular complexity index is 629. The largest absolute Gasteiger partial charge is 0.497 e. The first-order valence-corrected chi connectivity index (χ1v) is 6.68. The number of rotatable bonds is 4. The maximum atomic E-state index is 12.3. The molecule has 0 aliphatic carbocycles. The summed E-state index contributed by atoms with van der Waals surface area (Å²) < 4.78 is 10.6.